The number of nitrogens with zero attached hydrogens (tertiary/aromatic N) is 1. The van der Waals surface area contributed by atoms with Crippen LogP contribution in [0.25, 0.3) is 0 Å². The molecule has 1 heterocycles. The molecule has 6 nitrogen and oxygen atoms in total. The van der Waals surface area contributed by atoms with E-state index in [9.17, 15) is 13.2 Å². The highest BCUT2D eigenvalue weighted by Crippen LogP contribution is 2.42. The predicted molar refractivity (Wildman–Crippen MR) is 124 cm³/mol. The number of para-hydroxylation sites is 1. The molecule has 0 saturated carbocycles. The van der Waals surface area contributed by atoms with Crippen LogP contribution in [-0.4, -0.2) is 44.1 Å². The van der Waals surface area contributed by atoms with Crippen molar-refractivity contribution in [2.24, 2.45) is 0 Å². The molecule has 0 fully saturated rings. The topological polar surface area (TPSA) is 75.7 Å². The zero-order valence-corrected chi connectivity index (χ0v) is 20.1. The molecule has 0 saturated heterocycles. The van der Waals surface area contributed by atoms with Gasteiger partial charge in [-0.3, -0.25) is 4.79 Å². The van der Waals surface area contributed by atoms with E-state index in [4.69, 9.17) is 4.74 Å². The van der Waals surface area contributed by atoms with E-state index in [-0.39, 0.29) is 29.0 Å². The molecule has 1 aliphatic rings. The number of nitrogens with one attached hydrogen (secondary N) is 1. The van der Waals surface area contributed by atoms with Crippen molar-refractivity contribution in [3.05, 3.63) is 54.1 Å². The van der Waals surface area contributed by atoms with Crippen molar-refractivity contribution >= 4 is 27.7 Å². The minimum atomic E-state index is -3.75. The van der Waals surface area contributed by atoms with Crippen LogP contribution in [0.15, 0.2) is 58.3 Å². The Kier molecular flexibility index (Phi) is 7.34. The van der Waals surface area contributed by atoms with Crippen molar-refractivity contribution in [1.29, 1.82) is 0 Å². The van der Waals surface area contributed by atoms with Gasteiger partial charge in [0.15, 0.2) is 0 Å². The number of hydrogen-bond acceptors (Lipinski definition) is 5. The molecule has 3 rings (SSSR count). The second kappa shape index (κ2) is 9.63. The number of amides is 1. The van der Waals surface area contributed by atoms with Gasteiger partial charge in [0.05, 0.1) is 17.5 Å². The Morgan fingerprint density at radius 3 is 2.42 bits per heavy atom. The third-order valence-corrected chi connectivity index (χ3v) is 8.52. The molecular formula is C23H30N2O4S2. The van der Waals surface area contributed by atoms with Gasteiger partial charge in [0.1, 0.15) is 11.4 Å². The number of likely N-dealkylation sites (N-methyl/N-ethyl adjacent to an activating group) is 1. The van der Waals surface area contributed by atoms with E-state index in [1.54, 1.807) is 36.0 Å². The van der Waals surface area contributed by atoms with E-state index in [0.717, 1.165) is 33.4 Å². The molecule has 1 N–H and O–H groups in total. The smallest absolute Gasteiger partial charge is 0.243 e. The Labute approximate surface area is 189 Å². The number of fused-ring (bicyclic) bond motifs is 1. The number of hydrogen-bond donors (Lipinski definition) is 1. The average Bonchev–Trinajstić information content (AvgIpc) is 2.78. The maximum Gasteiger partial charge on any atom is 0.243 e. The minimum absolute atomic E-state index is 0.174. The summed E-state index contributed by atoms with van der Waals surface area (Å²) in [5, 5.41) is 3.04. The molecule has 1 amide bonds. The molecule has 2 aromatic rings. The Balaban J connectivity index is 1.74. The van der Waals surface area contributed by atoms with Crippen LogP contribution in [0.2, 0.25) is 0 Å². The van der Waals surface area contributed by atoms with E-state index in [1.165, 1.54) is 7.05 Å². The van der Waals surface area contributed by atoms with E-state index in [0.29, 0.717) is 6.42 Å². The summed E-state index contributed by atoms with van der Waals surface area (Å²) >= 11 is 1.54. The highest BCUT2D eigenvalue weighted by molar-refractivity contribution is 7.98. The standard InChI is InChI=1S/C23H30N2O4S2/c1-5-23(6-2)15-20(19-9-7-8-10-21(19)29-23)24-22(26)16-25(3)31(27,28)18-13-11-17(30-4)12-14-18/h7-14,20H,5-6,15-16H2,1-4H3,(H,24,26)/t20-/m1/s1. The fraction of sp³-hybridized carbons (Fsp3) is 0.435. The quantitative estimate of drug-likeness (QED) is 0.594. The minimum Gasteiger partial charge on any atom is -0.487 e. The molecule has 31 heavy (non-hydrogen) atoms. The molecule has 0 spiro atoms. The van der Waals surface area contributed by atoms with Gasteiger partial charge in [0.2, 0.25) is 15.9 Å². The summed E-state index contributed by atoms with van der Waals surface area (Å²) in [5.74, 6) is 0.437. The Morgan fingerprint density at radius 1 is 1.16 bits per heavy atom. The van der Waals surface area contributed by atoms with Gasteiger partial charge in [-0.05, 0) is 49.4 Å². The molecule has 0 unspecified atom stereocenters. The lowest BCUT2D eigenvalue weighted by atomic mass is 9.83. The van der Waals surface area contributed by atoms with Gasteiger partial charge in [-0.1, -0.05) is 32.0 Å². The SMILES string of the molecule is CCC1(CC)C[C@@H](NC(=O)CN(C)S(=O)(=O)c2ccc(SC)cc2)c2ccccc2O1. The number of ether oxygens (including phenoxy) is 1. The van der Waals surface area contributed by atoms with Gasteiger partial charge in [-0.25, -0.2) is 8.42 Å². The van der Waals surface area contributed by atoms with Crippen LogP contribution >= 0.6 is 11.8 Å². The van der Waals surface area contributed by atoms with Gasteiger partial charge in [-0.15, -0.1) is 11.8 Å². The zero-order valence-electron chi connectivity index (χ0n) is 18.4. The molecule has 1 aliphatic heterocycles. The third kappa shape index (κ3) is 5.07. The lowest BCUT2D eigenvalue weighted by Gasteiger charge is -2.41. The monoisotopic (exact) mass is 462 g/mol. The average molecular weight is 463 g/mol. The molecule has 8 heteroatoms. The molecule has 168 valence electrons. The number of carbonyl (C=O) groups is 1. The van der Waals surface area contributed by atoms with Crippen molar-refractivity contribution in [2.75, 3.05) is 19.8 Å². The first-order valence-corrected chi connectivity index (χ1v) is 13.1. The van der Waals surface area contributed by atoms with E-state index < -0.39 is 10.0 Å². The molecule has 2 aromatic carbocycles. The maximum absolute atomic E-state index is 12.9. The summed E-state index contributed by atoms with van der Waals surface area (Å²) in [7, 11) is -2.33. The number of sulfonamides is 1. The van der Waals surface area contributed by atoms with Crippen LogP contribution in [0.3, 0.4) is 0 Å². The lowest BCUT2D eigenvalue weighted by Crippen LogP contribution is -2.46. The number of thioether (sulfide) groups is 1. The number of benzene rings is 2. The van der Waals surface area contributed by atoms with Crippen LogP contribution in [0.4, 0.5) is 0 Å². The van der Waals surface area contributed by atoms with Gasteiger partial charge >= 0.3 is 0 Å². The first kappa shape index (κ1) is 23.6. The Bertz CT molecular complexity index is 1020. The van der Waals surface area contributed by atoms with E-state index in [2.05, 4.69) is 19.2 Å². The van der Waals surface area contributed by atoms with Crippen molar-refractivity contribution in [1.82, 2.24) is 9.62 Å². The van der Waals surface area contributed by atoms with Gasteiger partial charge in [-0.2, -0.15) is 4.31 Å². The summed E-state index contributed by atoms with van der Waals surface area (Å²) < 4.78 is 33.1. The highest BCUT2D eigenvalue weighted by atomic mass is 32.2. The van der Waals surface area contributed by atoms with Gasteiger partial charge in [0, 0.05) is 23.9 Å². The van der Waals surface area contributed by atoms with E-state index >= 15 is 0 Å². The second-order valence-electron chi connectivity index (χ2n) is 7.79. The molecule has 0 radical (unpaired) electrons. The van der Waals surface area contributed by atoms with Crippen molar-refractivity contribution in [2.45, 2.75) is 54.5 Å². The fourth-order valence-corrected chi connectivity index (χ4v) is 5.42. The second-order valence-corrected chi connectivity index (χ2v) is 10.7. The molecule has 0 aromatic heterocycles. The van der Waals surface area contributed by atoms with Crippen molar-refractivity contribution in [3.8, 4) is 5.75 Å². The van der Waals surface area contributed by atoms with E-state index in [1.807, 2.05) is 30.5 Å². The van der Waals surface area contributed by atoms with Crippen LogP contribution in [0.1, 0.15) is 44.7 Å². The number of carbonyl (C=O) groups excluding carboxylic acids is 1. The summed E-state index contributed by atoms with van der Waals surface area (Å²) in [6.07, 6.45) is 4.23. The first-order chi connectivity index (χ1) is 14.7. The van der Waals surface area contributed by atoms with Gasteiger partial charge in [0.25, 0.3) is 0 Å². The third-order valence-electron chi connectivity index (χ3n) is 5.95. The first-order valence-electron chi connectivity index (χ1n) is 10.4. The summed E-state index contributed by atoms with van der Waals surface area (Å²) in [4.78, 5) is 14.0. The van der Waals surface area contributed by atoms with Crippen molar-refractivity contribution < 1.29 is 17.9 Å². The zero-order chi connectivity index (χ0) is 22.6. The fourth-order valence-electron chi connectivity index (χ4n) is 3.88. The Hall–Kier alpha value is -2.03. The lowest BCUT2D eigenvalue weighted by molar-refractivity contribution is -0.122. The summed E-state index contributed by atoms with van der Waals surface area (Å²) in [5.41, 5.74) is 0.579. The molecular weight excluding hydrogens is 432 g/mol. The summed E-state index contributed by atoms with van der Waals surface area (Å²) in [6, 6.07) is 14.1. The molecule has 0 aliphatic carbocycles. The highest BCUT2D eigenvalue weighted by Gasteiger charge is 2.39. The van der Waals surface area contributed by atoms with Crippen LogP contribution in [0.5, 0.6) is 5.75 Å². The number of rotatable bonds is 8. The molecule has 1 atom stereocenters. The van der Waals surface area contributed by atoms with Gasteiger partial charge < -0.3 is 10.1 Å². The normalized spacial score (nSPS) is 17.6. The van der Waals surface area contributed by atoms with Crippen LogP contribution in [0, 0.1) is 0 Å². The largest absolute Gasteiger partial charge is 0.487 e. The Morgan fingerprint density at radius 2 is 1.81 bits per heavy atom. The van der Waals surface area contributed by atoms with Crippen LogP contribution < -0.4 is 10.1 Å². The van der Waals surface area contributed by atoms with Crippen molar-refractivity contribution in [3.63, 3.8) is 0 Å². The predicted octanol–water partition coefficient (Wildman–Crippen LogP) is 4.23. The van der Waals surface area contributed by atoms with Crippen LogP contribution in [-0.2, 0) is 14.8 Å². The molecule has 0 bridgehead atoms. The maximum atomic E-state index is 12.9. The summed E-state index contributed by atoms with van der Waals surface area (Å²) in [6.45, 7) is 3.91.